The van der Waals surface area contributed by atoms with Gasteiger partial charge >= 0.3 is 0 Å². The fraction of sp³-hybridized carbons (Fsp3) is 0.200. The first kappa shape index (κ1) is 12.7. The molecule has 0 radical (unpaired) electrons. The third kappa shape index (κ3) is 4.46. The predicted octanol–water partition coefficient (Wildman–Crippen LogP) is 1.12. The zero-order valence-electron chi connectivity index (χ0n) is 8.40. The molecular weight excluding hydrogens is 248 g/mol. The number of nitrogens with two attached hydrogens (primary N) is 1. The molecule has 0 bridgehead atoms. The summed E-state index contributed by atoms with van der Waals surface area (Å²) in [5.74, 6) is 0.169. The maximum Gasteiger partial charge on any atom is 0.258 e. The van der Waals surface area contributed by atoms with Gasteiger partial charge in [0.2, 0.25) is 0 Å². The van der Waals surface area contributed by atoms with Gasteiger partial charge in [0.15, 0.2) is 6.61 Å². The Balaban J connectivity index is 2.37. The highest BCUT2D eigenvalue weighted by atomic mass is 35.5. The summed E-state index contributed by atoms with van der Waals surface area (Å²) in [5.41, 5.74) is 5.23. The number of carbonyl (C=O) groups excluding carboxylic acids is 1. The van der Waals surface area contributed by atoms with E-state index < -0.39 is 0 Å². The lowest BCUT2D eigenvalue weighted by Crippen LogP contribution is -2.35. The van der Waals surface area contributed by atoms with E-state index in [9.17, 15) is 4.79 Å². The molecule has 0 spiro atoms. The fourth-order valence-corrected chi connectivity index (χ4v) is 1.20. The van der Waals surface area contributed by atoms with Crippen LogP contribution in [0.4, 0.5) is 0 Å². The van der Waals surface area contributed by atoms with Gasteiger partial charge < -0.3 is 15.8 Å². The van der Waals surface area contributed by atoms with E-state index in [-0.39, 0.29) is 24.0 Å². The number of halogens is 1. The van der Waals surface area contributed by atoms with E-state index in [2.05, 4.69) is 17.5 Å². The van der Waals surface area contributed by atoms with Crippen LogP contribution >= 0.6 is 23.8 Å². The summed E-state index contributed by atoms with van der Waals surface area (Å²) in [6.45, 7) is 0.0480. The Labute approximate surface area is 104 Å². The van der Waals surface area contributed by atoms with Crippen molar-refractivity contribution in [2.24, 2.45) is 5.73 Å². The predicted molar refractivity (Wildman–Crippen MR) is 66.7 cm³/mol. The first-order valence-corrected chi connectivity index (χ1v) is 5.30. The van der Waals surface area contributed by atoms with Crippen molar-refractivity contribution in [1.29, 1.82) is 0 Å². The van der Waals surface area contributed by atoms with Gasteiger partial charge in [-0.3, -0.25) is 4.79 Å². The lowest BCUT2D eigenvalue weighted by molar-refractivity contribution is -0.122. The molecule has 0 fully saturated rings. The smallest absolute Gasteiger partial charge is 0.258 e. The van der Waals surface area contributed by atoms with Crippen molar-refractivity contribution in [1.82, 2.24) is 5.32 Å². The zero-order chi connectivity index (χ0) is 12.0. The van der Waals surface area contributed by atoms with Crippen LogP contribution in [-0.4, -0.2) is 24.0 Å². The maximum absolute atomic E-state index is 11.2. The molecule has 4 nitrogen and oxygen atoms in total. The molecule has 1 rings (SSSR count). The molecule has 3 N–H and O–H groups in total. The maximum atomic E-state index is 11.2. The summed E-state index contributed by atoms with van der Waals surface area (Å²) >= 11 is 10.5. The van der Waals surface area contributed by atoms with E-state index in [4.69, 9.17) is 22.1 Å². The molecule has 1 amide bonds. The molecule has 16 heavy (non-hydrogen) atoms. The molecule has 0 aromatic heterocycles. The minimum Gasteiger partial charge on any atom is -0.482 e. The van der Waals surface area contributed by atoms with E-state index in [0.29, 0.717) is 10.8 Å². The summed E-state index contributed by atoms with van der Waals surface area (Å²) in [6, 6.07) is 6.92. The Hall–Kier alpha value is -1.33. The lowest BCUT2D eigenvalue weighted by atomic mass is 10.3. The molecule has 0 heterocycles. The van der Waals surface area contributed by atoms with Gasteiger partial charge in [0.05, 0.1) is 16.6 Å². The molecule has 6 heteroatoms. The molecule has 0 aliphatic carbocycles. The number of hydrogen-bond donors (Lipinski definition) is 2. The van der Waals surface area contributed by atoms with Crippen molar-refractivity contribution >= 4 is 34.7 Å². The Morgan fingerprint density at radius 1 is 1.50 bits per heavy atom. The van der Waals surface area contributed by atoms with E-state index in [1.54, 1.807) is 24.3 Å². The van der Waals surface area contributed by atoms with Crippen LogP contribution in [0.2, 0.25) is 5.02 Å². The van der Waals surface area contributed by atoms with Gasteiger partial charge in [-0.15, -0.1) is 0 Å². The second kappa shape index (κ2) is 6.30. The van der Waals surface area contributed by atoms with Crippen LogP contribution in [0.3, 0.4) is 0 Å². The van der Waals surface area contributed by atoms with Crippen LogP contribution < -0.4 is 15.8 Å². The second-order valence-electron chi connectivity index (χ2n) is 2.96. The van der Waals surface area contributed by atoms with Crippen molar-refractivity contribution in [2.75, 3.05) is 13.2 Å². The van der Waals surface area contributed by atoms with E-state index in [1.807, 2.05) is 0 Å². The lowest BCUT2D eigenvalue weighted by Gasteiger charge is -2.07. The standard InChI is InChI=1S/C10H11ClN2O2S/c11-7-3-1-2-4-8(7)15-6-10(14)13-5-9(12)16/h1-4H,5-6H2,(H2,12,16)(H,13,14). The van der Waals surface area contributed by atoms with E-state index in [0.717, 1.165) is 0 Å². The highest BCUT2D eigenvalue weighted by Gasteiger charge is 2.04. The molecular formula is C10H11ClN2O2S. The number of benzene rings is 1. The van der Waals surface area contributed by atoms with Crippen molar-refractivity contribution in [3.8, 4) is 5.75 Å². The molecule has 0 unspecified atom stereocenters. The quantitative estimate of drug-likeness (QED) is 0.777. The largest absolute Gasteiger partial charge is 0.482 e. The average molecular weight is 259 g/mol. The van der Waals surface area contributed by atoms with Gasteiger partial charge in [-0.2, -0.15) is 0 Å². The average Bonchev–Trinajstić information content (AvgIpc) is 2.25. The number of nitrogens with one attached hydrogen (secondary N) is 1. The van der Waals surface area contributed by atoms with Gasteiger partial charge in [-0.1, -0.05) is 36.0 Å². The highest BCUT2D eigenvalue weighted by molar-refractivity contribution is 7.80. The normalized spacial score (nSPS) is 9.56. The van der Waals surface area contributed by atoms with E-state index in [1.165, 1.54) is 0 Å². The number of thiocarbonyl (C=S) groups is 1. The van der Waals surface area contributed by atoms with Crippen molar-refractivity contribution < 1.29 is 9.53 Å². The summed E-state index contributed by atoms with van der Waals surface area (Å²) in [5, 5.41) is 2.96. The minimum absolute atomic E-state index is 0.119. The first-order valence-electron chi connectivity index (χ1n) is 4.52. The number of carbonyl (C=O) groups is 1. The summed E-state index contributed by atoms with van der Waals surface area (Å²) in [4.78, 5) is 11.5. The topological polar surface area (TPSA) is 64.3 Å². The van der Waals surface area contributed by atoms with Gasteiger partial charge in [0, 0.05) is 0 Å². The minimum atomic E-state index is -0.298. The summed E-state index contributed by atoms with van der Waals surface area (Å²) in [7, 11) is 0. The van der Waals surface area contributed by atoms with Gasteiger partial charge in [-0.05, 0) is 12.1 Å². The van der Waals surface area contributed by atoms with Crippen molar-refractivity contribution in [3.05, 3.63) is 29.3 Å². The Morgan fingerprint density at radius 3 is 2.81 bits per heavy atom. The molecule has 86 valence electrons. The monoisotopic (exact) mass is 258 g/mol. The molecule has 1 aromatic rings. The molecule has 1 aromatic carbocycles. The Kier molecular flexibility index (Phi) is 5.01. The third-order valence-corrected chi connectivity index (χ3v) is 2.11. The number of ether oxygens (including phenoxy) is 1. The van der Waals surface area contributed by atoms with Crippen molar-refractivity contribution in [2.45, 2.75) is 0 Å². The molecule has 0 aliphatic heterocycles. The first-order chi connectivity index (χ1) is 7.59. The molecule has 0 aliphatic rings. The number of para-hydroxylation sites is 1. The van der Waals surface area contributed by atoms with Crippen LogP contribution in [0.5, 0.6) is 5.75 Å². The van der Waals surface area contributed by atoms with Crippen LogP contribution in [0.15, 0.2) is 24.3 Å². The fourth-order valence-electron chi connectivity index (χ4n) is 0.942. The number of amides is 1. The molecule has 0 saturated carbocycles. The SMILES string of the molecule is NC(=S)CNC(=O)COc1ccccc1Cl. The van der Waals surface area contributed by atoms with Crippen LogP contribution in [-0.2, 0) is 4.79 Å². The van der Waals surface area contributed by atoms with Crippen molar-refractivity contribution in [3.63, 3.8) is 0 Å². The van der Waals surface area contributed by atoms with E-state index >= 15 is 0 Å². The van der Waals surface area contributed by atoms with Gasteiger partial charge in [0.1, 0.15) is 5.75 Å². The van der Waals surface area contributed by atoms with Crippen LogP contribution in [0.25, 0.3) is 0 Å². The Bertz CT molecular complexity index is 398. The van der Waals surface area contributed by atoms with Gasteiger partial charge in [-0.25, -0.2) is 0 Å². The summed E-state index contributed by atoms with van der Waals surface area (Å²) < 4.78 is 5.20. The van der Waals surface area contributed by atoms with Crippen LogP contribution in [0.1, 0.15) is 0 Å². The number of rotatable bonds is 5. The highest BCUT2D eigenvalue weighted by Crippen LogP contribution is 2.22. The van der Waals surface area contributed by atoms with Crippen LogP contribution in [0, 0.1) is 0 Å². The summed E-state index contributed by atoms with van der Waals surface area (Å²) in [6.07, 6.45) is 0. The molecule has 0 atom stereocenters. The second-order valence-corrected chi connectivity index (χ2v) is 3.89. The zero-order valence-corrected chi connectivity index (χ0v) is 9.98. The van der Waals surface area contributed by atoms with Gasteiger partial charge in [0.25, 0.3) is 5.91 Å². The third-order valence-electron chi connectivity index (χ3n) is 1.66. The Morgan fingerprint density at radius 2 is 2.19 bits per heavy atom. The molecule has 0 saturated heterocycles. The number of hydrogen-bond acceptors (Lipinski definition) is 3.